The van der Waals surface area contributed by atoms with Gasteiger partial charge in [0.1, 0.15) is 6.16 Å². The standard InChI is InChI=1S/C3H7ClPS/c1-2-3-5(4)6/h2-3H2,1H3/q+1. The van der Waals surface area contributed by atoms with E-state index in [1.807, 2.05) is 0 Å². The van der Waals surface area contributed by atoms with Crippen molar-refractivity contribution in [2.24, 2.45) is 0 Å². The molecule has 0 heterocycles. The molecule has 0 aliphatic rings. The van der Waals surface area contributed by atoms with E-state index in [1.165, 1.54) is 0 Å². The van der Waals surface area contributed by atoms with Crippen LogP contribution in [-0.2, 0) is 11.8 Å². The Labute approximate surface area is 49.1 Å². The van der Waals surface area contributed by atoms with Gasteiger partial charge in [0.15, 0.2) is 23.0 Å². The summed E-state index contributed by atoms with van der Waals surface area (Å²) in [5.74, 6) is 0. The van der Waals surface area contributed by atoms with Crippen LogP contribution in [0.3, 0.4) is 0 Å². The Morgan fingerprint density at radius 3 is 2.33 bits per heavy atom. The monoisotopic (exact) mass is 141 g/mol. The van der Waals surface area contributed by atoms with Crippen LogP contribution >= 0.6 is 17.3 Å². The van der Waals surface area contributed by atoms with Gasteiger partial charge in [0, 0.05) is 0 Å². The molecule has 0 saturated carbocycles. The Morgan fingerprint density at radius 2 is 2.33 bits per heavy atom. The average molecular weight is 142 g/mol. The molecule has 3 heteroatoms. The van der Waals surface area contributed by atoms with Crippen molar-refractivity contribution < 1.29 is 0 Å². The molecule has 0 aromatic rings. The van der Waals surface area contributed by atoms with Gasteiger partial charge in [-0.1, -0.05) is 6.92 Å². The summed E-state index contributed by atoms with van der Waals surface area (Å²) in [5, 5.41) is 0. The van der Waals surface area contributed by atoms with Crippen LogP contribution in [0.1, 0.15) is 13.3 Å². The van der Waals surface area contributed by atoms with Crippen LogP contribution in [0.25, 0.3) is 0 Å². The molecule has 0 fully saturated rings. The maximum absolute atomic E-state index is 5.46. The maximum atomic E-state index is 5.46. The molecule has 0 aromatic heterocycles. The normalized spacial score (nSPS) is 11.3. The molecule has 0 bridgehead atoms. The summed E-state index contributed by atoms with van der Waals surface area (Å²) in [6.45, 7) is 2.09. The van der Waals surface area contributed by atoms with Crippen molar-refractivity contribution in [3.8, 4) is 0 Å². The summed E-state index contributed by atoms with van der Waals surface area (Å²) in [5.41, 5.74) is 0. The zero-order valence-electron chi connectivity index (χ0n) is 3.65. The van der Waals surface area contributed by atoms with E-state index in [1.54, 1.807) is 0 Å². The molecule has 0 nitrogen and oxygen atoms in total. The minimum atomic E-state index is -0.545. The van der Waals surface area contributed by atoms with Crippen LogP contribution in [0.15, 0.2) is 0 Å². The fraction of sp³-hybridized carbons (Fsp3) is 1.00. The molecular formula is C3H7ClPS+. The molecule has 1 unspecified atom stereocenters. The zero-order chi connectivity index (χ0) is 4.99. The van der Waals surface area contributed by atoms with Gasteiger partial charge in [-0.3, -0.25) is 0 Å². The molecular weight excluding hydrogens is 135 g/mol. The quantitative estimate of drug-likeness (QED) is 0.533. The second-order valence-corrected chi connectivity index (χ2v) is 5.27. The molecule has 6 heavy (non-hydrogen) atoms. The summed E-state index contributed by atoms with van der Waals surface area (Å²) in [4.78, 5) is 0. The van der Waals surface area contributed by atoms with Gasteiger partial charge >= 0.3 is 0 Å². The molecule has 0 amide bonds. The summed E-state index contributed by atoms with van der Waals surface area (Å²) >= 11 is 10.2. The topological polar surface area (TPSA) is 0 Å². The van der Waals surface area contributed by atoms with Crippen molar-refractivity contribution in [2.75, 3.05) is 6.16 Å². The van der Waals surface area contributed by atoms with Crippen LogP contribution in [0.2, 0.25) is 0 Å². The van der Waals surface area contributed by atoms with Crippen molar-refractivity contribution >= 4 is 29.1 Å². The van der Waals surface area contributed by atoms with Gasteiger partial charge in [-0.15, -0.1) is 0 Å². The van der Waals surface area contributed by atoms with E-state index in [9.17, 15) is 0 Å². The van der Waals surface area contributed by atoms with Crippen LogP contribution in [0, 0.1) is 0 Å². The highest BCUT2D eigenvalue weighted by Gasteiger charge is 1.98. The van der Waals surface area contributed by atoms with E-state index in [0.29, 0.717) is 0 Å². The highest BCUT2D eigenvalue weighted by atomic mass is 35.7. The summed E-state index contributed by atoms with van der Waals surface area (Å²) in [6.07, 6.45) is 2.14. The average Bonchev–Trinajstić information content (AvgIpc) is 1.35. The predicted molar refractivity (Wildman–Crippen MR) is 35.3 cm³/mol. The molecule has 0 spiro atoms. The van der Waals surface area contributed by atoms with E-state index in [-0.39, 0.29) is 0 Å². The van der Waals surface area contributed by atoms with E-state index in [2.05, 4.69) is 6.92 Å². The van der Waals surface area contributed by atoms with Gasteiger partial charge in [0.25, 0.3) is 6.05 Å². The highest BCUT2D eigenvalue weighted by molar-refractivity contribution is 8.17. The van der Waals surface area contributed by atoms with E-state index >= 15 is 0 Å². The van der Waals surface area contributed by atoms with Crippen LogP contribution in [0.5, 0.6) is 0 Å². The SMILES string of the molecule is CCC[P+](=S)Cl. The highest BCUT2D eigenvalue weighted by Crippen LogP contribution is 2.26. The van der Waals surface area contributed by atoms with Gasteiger partial charge in [-0.2, -0.15) is 0 Å². The number of hydrogen-bond donors (Lipinski definition) is 0. The van der Waals surface area contributed by atoms with Crippen molar-refractivity contribution in [3.63, 3.8) is 0 Å². The third-order valence-electron chi connectivity index (χ3n) is 0.399. The third-order valence-corrected chi connectivity index (χ3v) is 2.25. The van der Waals surface area contributed by atoms with Crippen molar-refractivity contribution in [1.82, 2.24) is 0 Å². The van der Waals surface area contributed by atoms with Crippen LogP contribution in [-0.4, -0.2) is 6.16 Å². The summed E-state index contributed by atoms with van der Waals surface area (Å²) in [6, 6.07) is -0.545. The number of rotatable bonds is 2. The van der Waals surface area contributed by atoms with Crippen LogP contribution in [0.4, 0.5) is 0 Å². The van der Waals surface area contributed by atoms with E-state index < -0.39 is 6.05 Å². The summed E-state index contributed by atoms with van der Waals surface area (Å²) in [7, 11) is 0. The van der Waals surface area contributed by atoms with Gasteiger partial charge < -0.3 is 0 Å². The fourth-order valence-electron chi connectivity index (χ4n) is 0.176. The lowest BCUT2D eigenvalue weighted by Crippen LogP contribution is -1.62. The maximum Gasteiger partial charge on any atom is 0.288 e. The molecule has 0 aliphatic carbocycles. The molecule has 0 radical (unpaired) electrons. The molecule has 0 aromatic carbocycles. The number of halogens is 1. The first-order chi connectivity index (χ1) is 2.77. The smallest absolute Gasteiger partial charge is 0.0614 e. The van der Waals surface area contributed by atoms with E-state index in [4.69, 9.17) is 23.0 Å². The lowest BCUT2D eigenvalue weighted by atomic mass is 10.6. The molecule has 0 aliphatic heterocycles. The van der Waals surface area contributed by atoms with Gasteiger partial charge in [0.2, 0.25) is 0 Å². The molecule has 0 saturated heterocycles. The van der Waals surface area contributed by atoms with Crippen molar-refractivity contribution in [1.29, 1.82) is 0 Å². The van der Waals surface area contributed by atoms with Crippen molar-refractivity contribution in [3.05, 3.63) is 0 Å². The Kier molecular flexibility index (Phi) is 4.52. The Bertz CT molecular complexity index is 54.8. The predicted octanol–water partition coefficient (Wildman–Crippen LogP) is 2.49. The first-order valence-electron chi connectivity index (χ1n) is 1.87. The summed E-state index contributed by atoms with van der Waals surface area (Å²) < 4.78 is 0. The largest absolute Gasteiger partial charge is 0.288 e. The zero-order valence-corrected chi connectivity index (χ0v) is 6.11. The second-order valence-electron chi connectivity index (χ2n) is 1.04. The fourth-order valence-corrected chi connectivity index (χ4v) is 1.58. The Morgan fingerprint density at radius 1 is 1.83 bits per heavy atom. The van der Waals surface area contributed by atoms with Gasteiger partial charge in [0.05, 0.1) is 0 Å². The number of hydrogen-bond acceptors (Lipinski definition) is 1. The molecule has 1 atom stereocenters. The van der Waals surface area contributed by atoms with Crippen LogP contribution < -0.4 is 0 Å². The van der Waals surface area contributed by atoms with Gasteiger partial charge in [-0.25, -0.2) is 0 Å². The first kappa shape index (κ1) is 6.81. The lowest BCUT2D eigenvalue weighted by Gasteiger charge is -1.68. The molecule has 36 valence electrons. The Hall–Kier alpha value is 0.810. The van der Waals surface area contributed by atoms with E-state index in [0.717, 1.165) is 12.6 Å². The minimum absolute atomic E-state index is 0.545. The molecule has 0 N–H and O–H groups in total. The van der Waals surface area contributed by atoms with Crippen molar-refractivity contribution in [2.45, 2.75) is 13.3 Å². The molecule has 0 rings (SSSR count). The third kappa shape index (κ3) is 4.81. The second kappa shape index (κ2) is 3.98. The van der Waals surface area contributed by atoms with Gasteiger partial charge in [-0.05, 0) is 6.42 Å². The Balaban J connectivity index is 2.83. The minimum Gasteiger partial charge on any atom is -0.0614 e. The lowest BCUT2D eigenvalue weighted by molar-refractivity contribution is 1.11. The first-order valence-corrected chi connectivity index (χ1v) is 5.32.